The monoisotopic (exact) mass is 542 g/mol. The number of aryl methyl sites for hydroxylation is 1. The van der Waals surface area contributed by atoms with Gasteiger partial charge in [0.15, 0.2) is 0 Å². The molecule has 0 radical (unpaired) electrons. The van der Waals surface area contributed by atoms with Crippen molar-refractivity contribution in [1.29, 1.82) is 0 Å². The molecule has 3 aromatic carbocycles. The van der Waals surface area contributed by atoms with Gasteiger partial charge in [-0.05, 0) is 56.0 Å². The predicted molar refractivity (Wildman–Crippen MR) is 156 cm³/mol. The summed E-state index contributed by atoms with van der Waals surface area (Å²) in [6, 6.07) is 25.7. The van der Waals surface area contributed by atoms with Gasteiger partial charge in [-0.15, -0.1) is 0 Å². The van der Waals surface area contributed by atoms with Gasteiger partial charge in [0.05, 0.1) is 6.42 Å². The van der Waals surface area contributed by atoms with Crippen molar-refractivity contribution in [3.63, 3.8) is 0 Å². The maximum Gasteiger partial charge on any atom is 0.251 e. The summed E-state index contributed by atoms with van der Waals surface area (Å²) in [7, 11) is 0. The van der Waals surface area contributed by atoms with Gasteiger partial charge in [0.1, 0.15) is 6.04 Å². The van der Waals surface area contributed by atoms with Gasteiger partial charge in [0.25, 0.3) is 5.91 Å². The van der Waals surface area contributed by atoms with E-state index in [0.717, 1.165) is 16.7 Å². The Morgan fingerprint density at radius 3 is 1.90 bits per heavy atom. The molecule has 210 valence electrons. The van der Waals surface area contributed by atoms with Gasteiger partial charge in [0.2, 0.25) is 17.7 Å². The van der Waals surface area contributed by atoms with E-state index in [2.05, 4.69) is 21.3 Å². The minimum Gasteiger partial charge on any atom is -0.353 e. The van der Waals surface area contributed by atoms with Crippen LogP contribution < -0.4 is 21.3 Å². The number of carbonyl (C=O) groups excluding carboxylic acids is 4. The molecule has 0 aliphatic rings. The number of benzene rings is 3. The summed E-state index contributed by atoms with van der Waals surface area (Å²) in [4.78, 5) is 50.6. The van der Waals surface area contributed by atoms with Crippen LogP contribution in [-0.4, -0.2) is 48.3 Å². The highest BCUT2D eigenvalue weighted by Crippen LogP contribution is 2.19. The number of nitrogens with one attached hydrogen (secondary N) is 4. The highest BCUT2D eigenvalue weighted by Gasteiger charge is 2.25. The number of hydrogen-bond donors (Lipinski definition) is 4. The van der Waals surface area contributed by atoms with Crippen LogP contribution in [0.4, 0.5) is 0 Å². The highest BCUT2D eigenvalue weighted by molar-refractivity contribution is 5.95. The van der Waals surface area contributed by atoms with Crippen LogP contribution in [-0.2, 0) is 20.8 Å². The molecule has 8 heteroatoms. The van der Waals surface area contributed by atoms with Crippen molar-refractivity contribution in [2.75, 3.05) is 13.1 Å². The molecule has 0 spiro atoms. The maximum absolute atomic E-state index is 12.9. The zero-order valence-corrected chi connectivity index (χ0v) is 23.3. The number of amides is 4. The Morgan fingerprint density at radius 2 is 1.27 bits per heavy atom. The summed E-state index contributed by atoms with van der Waals surface area (Å²) in [6.45, 7) is 5.86. The Hall–Kier alpha value is -4.46. The largest absolute Gasteiger partial charge is 0.353 e. The minimum atomic E-state index is -1.04. The molecule has 0 aliphatic heterocycles. The molecule has 0 heterocycles. The molecule has 0 aromatic heterocycles. The first-order valence-corrected chi connectivity index (χ1v) is 13.5. The Kier molecular flexibility index (Phi) is 11.0. The van der Waals surface area contributed by atoms with E-state index in [1.807, 2.05) is 93.6 Å². The van der Waals surface area contributed by atoms with Crippen LogP contribution >= 0.6 is 0 Å². The van der Waals surface area contributed by atoms with Crippen LogP contribution in [0.1, 0.15) is 49.5 Å². The lowest BCUT2D eigenvalue weighted by molar-refractivity contribution is -0.132. The average Bonchev–Trinajstić information content (AvgIpc) is 2.93. The van der Waals surface area contributed by atoms with E-state index in [1.54, 1.807) is 12.1 Å². The summed E-state index contributed by atoms with van der Waals surface area (Å²) in [6.07, 6.45) is 0.516. The van der Waals surface area contributed by atoms with Crippen LogP contribution in [0.25, 0.3) is 11.1 Å². The van der Waals surface area contributed by atoms with Gasteiger partial charge in [-0.1, -0.05) is 72.8 Å². The normalized spacial score (nSPS) is 11.7. The quantitative estimate of drug-likeness (QED) is 0.262. The Bertz CT molecular complexity index is 1270. The second kappa shape index (κ2) is 14.6. The predicted octanol–water partition coefficient (Wildman–Crippen LogP) is 3.62. The molecule has 40 heavy (non-hydrogen) atoms. The second-order valence-electron chi connectivity index (χ2n) is 10.6. The lowest BCUT2D eigenvalue weighted by atomic mass is 10.0. The first kappa shape index (κ1) is 30.1. The van der Waals surface area contributed by atoms with Gasteiger partial charge in [-0.25, -0.2) is 0 Å². The fourth-order valence-corrected chi connectivity index (χ4v) is 4.06. The lowest BCUT2D eigenvalue weighted by Gasteiger charge is -2.23. The average molecular weight is 543 g/mol. The summed E-state index contributed by atoms with van der Waals surface area (Å²) < 4.78 is 0. The topological polar surface area (TPSA) is 116 Å². The number of carbonyl (C=O) groups is 4. The number of hydrogen-bond acceptors (Lipinski definition) is 4. The summed E-state index contributed by atoms with van der Waals surface area (Å²) in [5.74, 6) is -1.41. The van der Waals surface area contributed by atoms with Crippen molar-refractivity contribution in [2.24, 2.45) is 0 Å². The lowest BCUT2D eigenvalue weighted by Crippen LogP contribution is -2.51. The molecule has 1 atom stereocenters. The Balaban J connectivity index is 1.50. The van der Waals surface area contributed by atoms with Crippen LogP contribution in [0.3, 0.4) is 0 Å². The summed E-state index contributed by atoms with van der Waals surface area (Å²) in [5, 5.41) is 11.0. The minimum absolute atomic E-state index is 0.143. The molecule has 4 N–H and O–H groups in total. The zero-order valence-electron chi connectivity index (χ0n) is 23.3. The van der Waals surface area contributed by atoms with Crippen molar-refractivity contribution in [3.8, 4) is 11.1 Å². The third kappa shape index (κ3) is 10.4. The molecular formula is C32H38N4O4. The first-order valence-electron chi connectivity index (χ1n) is 13.5. The van der Waals surface area contributed by atoms with Gasteiger partial charge in [0, 0.05) is 30.6 Å². The Morgan fingerprint density at radius 1 is 0.700 bits per heavy atom. The summed E-state index contributed by atoms with van der Waals surface area (Å²) in [5.41, 5.74) is 3.12. The molecule has 0 saturated heterocycles. The standard InChI is InChI=1S/C32H38N4O4/c1-32(2,3)36-29(38)22-27(35-28(37)19-14-23-10-6-4-7-11-23)31(40)34-21-20-33-30(39)26-17-15-25(16-18-26)24-12-8-5-9-13-24/h4-13,15-18,27H,14,19-22H2,1-3H3,(H,33,39)(H,34,40)(H,35,37)(H,36,38). The van der Waals surface area contributed by atoms with E-state index in [0.29, 0.717) is 12.0 Å². The van der Waals surface area contributed by atoms with Crippen LogP contribution in [0.5, 0.6) is 0 Å². The molecule has 0 aliphatic carbocycles. The van der Waals surface area contributed by atoms with Crippen molar-refractivity contribution < 1.29 is 19.2 Å². The molecule has 3 rings (SSSR count). The van der Waals surface area contributed by atoms with E-state index in [1.165, 1.54) is 0 Å². The van der Waals surface area contributed by atoms with E-state index in [-0.39, 0.29) is 43.7 Å². The highest BCUT2D eigenvalue weighted by atomic mass is 16.2. The van der Waals surface area contributed by atoms with Crippen LogP contribution in [0.15, 0.2) is 84.9 Å². The third-order valence-corrected chi connectivity index (χ3v) is 6.00. The van der Waals surface area contributed by atoms with Crippen molar-refractivity contribution in [1.82, 2.24) is 21.3 Å². The van der Waals surface area contributed by atoms with Crippen molar-refractivity contribution in [3.05, 3.63) is 96.1 Å². The fourth-order valence-electron chi connectivity index (χ4n) is 4.06. The van der Waals surface area contributed by atoms with Crippen LogP contribution in [0.2, 0.25) is 0 Å². The van der Waals surface area contributed by atoms with Crippen molar-refractivity contribution in [2.45, 2.75) is 51.6 Å². The summed E-state index contributed by atoms with van der Waals surface area (Å²) >= 11 is 0. The fraction of sp³-hybridized carbons (Fsp3) is 0.312. The van der Waals surface area contributed by atoms with E-state index < -0.39 is 17.5 Å². The SMILES string of the molecule is CC(C)(C)NC(=O)CC(NC(=O)CCc1ccccc1)C(=O)NCCNC(=O)c1ccc(-c2ccccc2)cc1. The maximum atomic E-state index is 12.9. The van der Waals surface area contributed by atoms with Gasteiger partial charge in [-0.2, -0.15) is 0 Å². The molecule has 1 unspecified atom stereocenters. The smallest absolute Gasteiger partial charge is 0.251 e. The van der Waals surface area contributed by atoms with E-state index in [9.17, 15) is 19.2 Å². The molecular weight excluding hydrogens is 504 g/mol. The van der Waals surface area contributed by atoms with Gasteiger partial charge >= 0.3 is 0 Å². The van der Waals surface area contributed by atoms with Gasteiger partial charge < -0.3 is 21.3 Å². The molecule has 0 bridgehead atoms. The molecule has 3 aromatic rings. The van der Waals surface area contributed by atoms with Crippen molar-refractivity contribution >= 4 is 23.6 Å². The third-order valence-electron chi connectivity index (χ3n) is 6.00. The molecule has 0 saturated carbocycles. The molecule has 8 nitrogen and oxygen atoms in total. The van der Waals surface area contributed by atoms with E-state index in [4.69, 9.17) is 0 Å². The molecule has 0 fully saturated rings. The van der Waals surface area contributed by atoms with Crippen LogP contribution in [0, 0.1) is 0 Å². The zero-order chi connectivity index (χ0) is 29.0. The van der Waals surface area contributed by atoms with Gasteiger partial charge in [-0.3, -0.25) is 19.2 Å². The number of rotatable bonds is 12. The second-order valence-corrected chi connectivity index (χ2v) is 10.6. The molecule has 4 amide bonds. The first-order chi connectivity index (χ1) is 19.1. The Labute approximate surface area is 236 Å². The van der Waals surface area contributed by atoms with E-state index >= 15 is 0 Å².